The van der Waals surface area contributed by atoms with Gasteiger partial charge >= 0.3 is 0 Å². The van der Waals surface area contributed by atoms with Gasteiger partial charge in [0.15, 0.2) is 0 Å². The molecule has 0 saturated carbocycles. The summed E-state index contributed by atoms with van der Waals surface area (Å²) in [6, 6.07) is 0.647. The third-order valence-corrected chi connectivity index (χ3v) is 3.55. The molecule has 2 saturated heterocycles. The van der Waals surface area contributed by atoms with Crippen LogP contribution in [-0.4, -0.2) is 35.6 Å². The first kappa shape index (κ1) is 9.09. The lowest BCUT2D eigenvalue weighted by atomic mass is 9.83. The molecule has 2 aliphatic heterocycles. The average Bonchev–Trinajstić information content (AvgIpc) is 2.23. The smallest absolute Gasteiger partial charge is 0.150 e. The number of piperidine rings is 1. The Balaban J connectivity index is 1.82. The molecule has 0 spiro atoms. The van der Waals surface area contributed by atoms with Gasteiger partial charge < -0.3 is 10.2 Å². The van der Waals surface area contributed by atoms with Crippen molar-refractivity contribution in [3.63, 3.8) is 0 Å². The Morgan fingerprint density at radius 1 is 1.40 bits per heavy atom. The van der Waals surface area contributed by atoms with Gasteiger partial charge in [0.2, 0.25) is 0 Å². The summed E-state index contributed by atoms with van der Waals surface area (Å²) in [5.41, 5.74) is 1.04. The van der Waals surface area contributed by atoms with Crippen molar-refractivity contribution in [3.8, 4) is 0 Å². The van der Waals surface area contributed by atoms with Crippen LogP contribution in [0.4, 0.5) is 5.82 Å². The van der Waals surface area contributed by atoms with E-state index in [0.29, 0.717) is 6.04 Å². The molecule has 1 aromatic heterocycles. The highest BCUT2D eigenvalue weighted by molar-refractivity contribution is 5.47. The van der Waals surface area contributed by atoms with E-state index >= 15 is 0 Å². The van der Waals surface area contributed by atoms with Crippen molar-refractivity contribution in [3.05, 3.63) is 18.1 Å². The van der Waals surface area contributed by atoms with Crippen LogP contribution in [0.15, 0.2) is 12.4 Å². The number of fused-ring (bicyclic) bond motifs is 1. The number of aromatic nitrogens is 2. The molecular formula is C11H16N4. The normalized spacial score (nSPS) is 29.5. The van der Waals surface area contributed by atoms with Crippen LogP contribution in [0.25, 0.3) is 0 Å². The fourth-order valence-electron chi connectivity index (χ4n) is 2.65. The maximum absolute atomic E-state index is 4.43. The Labute approximate surface area is 89.7 Å². The largest absolute Gasteiger partial charge is 0.350 e. The van der Waals surface area contributed by atoms with Gasteiger partial charge in [-0.1, -0.05) is 0 Å². The zero-order valence-corrected chi connectivity index (χ0v) is 8.98. The Kier molecular flexibility index (Phi) is 2.09. The first-order valence-corrected chi connectivity index (χ1v) is 5.61. The van der Waals surface area contributed by atoms with Gasteiger partial charge in [0.1, 0.15) is 5.82 Å². The van der Waals surface area contributed by atoms with Gasteiger partial charge in [-0.2, -0.15) is 0 Å². The molecule has 15 heavy (non-hydrogen) atoms. The molecule has 3 rings (SSSR count). The fourth-order valence-corrected chi connectivity index (χ4v) is 2.65. The molecular weight excluding hydrogens is 188 g/mol. The molecule has 0 unspecified atom stereocenters. The standard InChI is InChI=1S/C11H16N4/c1-8-11(14-5-4-13-8)15-7-9-2-3-12-6-10(9)15/h4-5,9-10,12H,2-3,6-7H2,1H3/t9-,10-/m0/s1. The number of nitrogens with one attached hydrogen (secondary N) is 1. The van der Waals surface area contributed by atoms with Crippen molar-refractivity contribution in [2.24, 2.45) is 5.92 Å². The number of aryl methyl sites for hydroxylation is 1. The molecule has 0 aromatic carbocycles. The van der Waals surface area contributed by atoms with Crippen LogP contribution >= 0.6 is 0 Å². The van der Waals surface area contributed by atoms with E-state index in [-0.39, 0.29) is 0 Å². The van der Waals surface area contributed by atoms with Crippen molar-refractivity contribution >= 4 is 5.82 Å². The van der Waals surface area contributed by atoms with Crippen LogP contribution in [0, 0.1) is 12.8 Å². The summed E-state index contributed by atoms with van der Waals surface area (Å²) in [4.78, 5) is 11.1. The highest BCUT2D eigenvalue weighted by Gasteiger charge is 2.41. The number of anilines is 1. The third-order valence-electron chi connectivity index (χ3n) is 3.55. The molecule has 1 N–H and O–H groups in total. The van der Waals surface area contributed by atoms with E-state index in [0.717, 1.165) is 30.5 Å². The summed E-state index contributed by atoms with van der Waals surface area (Å²) < 4.78 is 0. The highest BCUT2D eigenvalue weighted by atomic mass is 15.3. The van der Waals surface area contributed by atoms with Crippen LogP contribution in [-0.2, 0) is 0 Å². The van der Waals surface area contributed by atoms with Crippen molar-refractivity contribution < 1.29 is 0 Å². The van der Waals surface area contributed by atoms with E-state index in [4.69, 9.17) is 0 Å². The minimum Gasteiger partial charge on any atom is -0.350 e. The number of hydrogen-bond donors (Lipinski definition) is 1. The maximum Gasteiger partial charge on any atom is 0.150 e. The Bertz CT molecular complexity index is 365. The molecule has 80 valence electrons. The van der Waals surface area contributed by atoms with Crippen molar-refractivity contribution in [2.45, 2.75) is 19.4 Å². The van der Waals surface area contributed by atoms with E-state index in [1.165, 1.54) is 13.0 Å². The lowest BCUT2D eigenvalue weighted by molar-refractivity contribution is 0.227. The topological polar surface area (TPSA) is 41.1 Å². The van der Waals surface area contributed by atoms with Gasteiger partial charge in [-0.05, 0) is 25.8 Å². The second-order valence-corrected chi connectivity index (χ2v) is 4.44. The summed E-state index contributed by atoms with van der Waals surface area (Å²) in [5, 5.41) is 3.45. The molecule has 1 aromatic rings. The van der Waals surface area contributed by atoms with Crippen molar-refractivity contribution in [1.29, 1.82) is 0 Å². The van der Waals surface area contributed by atoms with Crippen LogP contribution in [0.2, 0.25) is 0 Å². The SMILES string of the molecule is Cc1nccnc1N1C[C@@H]2CCNC[C@@H]21. The number of rotatable bonds is 1. The van der Waals surface area contributed by atoms with Gasteiger partial charge in [0.05, 0.1) is 5.69 Å². The minimum atomic E-state index is 0.647. The number of hydrogen-bond acceptors (Lipinski definition) is 4. The fraction of sp³-hybridized carbons (Fsp3) is 0.636. The summed E-state index contributed by atoms with van der Waals surface area (Å²) in [6.45, 7) is 5.47. The van der Waals surface area contributed by atoms with Gasteiger partial charge in [0, 0.05) is 31.5 Å². The molecule has 4 heteroatoms. The summed E-state index contributed by atoms with van der Waals surface area (Å²) in [6.07, 6.45) is 4.85. The van der Waals surface area contributed by atoms with Crippen LogP contribution in [0.3, 0.4) is 0 Å². The Hall–Kier alpha value is -1.16. The lowest BCUT2D eigenvalue weighted by Crippen LogP contribution is -2.64. The second-order valence-electron chi connectivity index (χ2n) is 4.44. The predicted octanol–water partition coefficient (Wildman–Crippen LogP) is 0.583. The van der Waals surface area contributed by atoms with Gasteiger partial charge in [-0.15, -0.1) is 0 Å². The molecule has 0 bridgehead atoms. The molecule has 3 heterocycles. The Morgan fingerprint density at radius 3 is 3.07 bits per heavy atom. The first-order chi connectivity index (χ1) is 7.36. The van der Waals surface area contributed by atoms with Gasteiger partial charge in [0.25, 0.3) is 0 Å². The monoisotopic (exact) mass is 204 g/mol. The minimum absolute atomic E-state index is 0.647. The van der Waals surface area contributed by atoms with Crippen molar-refractivity contribution in [1.82, 2.24) is 15.3 Å². The van der Waals surface area contributed by atoms with E-state index in [1.54, 1.807) is 12.4 Å². The van der Waals surface area contributed by atoms with Gasteiger partial charge in [-0.25, -0.2) is 4.98 Å². The summed E-state index contributed by atoms with van der Waals surface area (Å²) in [5.74, 6) is 1.94. The molecule has 0 aliphatic carbocycles. The van der Waals surface area contributed by atoms with Crippen molar-refractivity contribution in [2.75, 3.05) is 24.5 Å². The Morgan fingerprint density at radius 2 is 2.27 bits per heavy atom. The molecule has 0 amide bonds. The second kappa shape index (κ2) is 3.45. The van der Waals surface area contributed by atoms with E-state index in [9.17, 15) is 0 Å². The van der Waals surface area contributed by atoms with Crippen LogP contribution in [0.1, 0.15) is 12.1 Å². The van der Waals surface area contributed by atoms with E-state index in [1.807, 2.05) is 6.92 Å². The first-order valence-electron chi connectivity index (χ1n) is 5.61. The van der Waals surface area contributed by atoms with E-state index < -0.39 is 0 Å². The lowest BCUT2D eigenvalue weighted by Gasteiger charge is -2.51. The highest BCUT2D eigenvalue weighted by Crippen LogP contribution is 2.33. The van der Waals surface area contributed by atoms with Crippen LogP contribution in [0.5, 0.6) is 0 Å². The summed E-state index contributed by atoms with van der Waals surface area (Å²) in [7, 11) is 0. The zero-order chi connectivity index (χ0) is 10.3. The van der Waals surface area contributed by atoms with E-state index in [2.05, 4.69) is 20.2 Å². The molecule has 2 aliphatic rings. The van der Waals surface area contributed by atoms with Crippen LogP contribution < -0.4 is 10.2 Å². The molecule has 0 radical (unpaired) electrons. The van der Waals surface area contributed by atoms with Gasteiger partial charge in [-0.3, -0.25) is 4.98 Å². The summed E-state index contributed by atoms with van der Waals surface area (Å²) >= 11 is 0. The molecule has 2 fully saturated rings. The quantitative estimate of drug-likeness (QED) is 0.726. The number of nitrogens with zero attached hydrogens (tertiary/aromatic N) is 3. The molecule has 2 atom stereocenters. The average molecular weight is 204 g/mol. The maximum atomic E-state index is 4.43. The third kappa shape index (κ3) is 1.40. The zero-order valence-electron chi connectivity index (χ0n) is 8.98. The molecule has 4 nitrogen and oxygen atoms in total. The predicted molar refractivity (Wildman–Crippen MR) is 58.9 cm³/mol.